The Labute approximate surface area is 344 Å². The summed E-state index contributed by atoms with van der Waals surface area (Å²) in [6.07, 6.45) is 6.20. The van der Waals surface area contributed by atoms with Crippen LogP contribution in [0, 0.1) is 17.3 Å². The van der Waals surface area contributed by atoms with E-state index in [1.165, 1.54) is 39.2 Å². The highest BCUT2D eigenvalue weighted by atomic mass is 35.5. The van der Waals surface area contributed by atoms with E-state index < -0.39 is 68.6 Å². The number of carbonyl (C=O) groups excluding carboxylic acids is 4. The van der Waals surface area contributed by atoms with Crippen molar-refractivity contribution >= 4 is 56.7 Å². The summed E-state index contributed by atoms with van der Waals surface area (Å²) in [7, 11) is -2.85. The molecule has 2 unspecified atom stereocenters. The molecule has 4 heterocycles. The summed E-state index contributed by atoms with van der Waals surface area (Å²) in [6, 6.07) is 7.83. The standard InChI is InChI=1S/C39H43ClN8O8S2/c1-6-23-19-39(23,37(52)46-58(53,54)27-14-15-29(40)42-20-27)43-33(49)28-18-24(21-47(28)35(50)30(38(2,3)4)36(51)56-26-8-7-9-26)48-44-31(22-10-12-25(55-5)13-11-22)32(45-48)34-41-16-17-57-34/h6,10-17,20,23-24,26,28,30H,1,7-9,18-19,21H2,2-5H3,(H,43,49)(H,46,52)/t23?,24-,28+,30+,39?/m1/s1. The average molecular weight is 851 g/mol. The van der Waals surface area contributed by atoms with Crippen molar-refractivity contribution in [2.75, 3.05) is 13.7 Å². The predicted molar refractivity (Wildman–Crippen MR) is 213 cm³/mol. The van der Waals surface area contributed by atoms with Gasteiger partial charge >= 0.3 is 5.97 Å². The number of hydrogen-bond donors (Lipinski definition) is 2. The highest BCUT2D eigenvalue weighted by Crippen LogP contribution is 2.46. The lowest BCUT2D eigenvalue weighted by Gasteiger charge is -2.35. The Hall–Kier alpha value is -5.20. The smallest absolute Gasteiger partial charge is 0.319 e. The molecule has 16 nitrogen and oxygen atoms in total. The molecule has 3 aromatic heterocycles. The fourth-order valence-corrected chi connectivity index (χ4v) is 8.94. The molecule has 0 radical (unpaired) electrons. The average Bonchev–Trinajstić information content (AvgIpc) is 3.61. The Balaban J connectivity index is 1.22. The Bertz CT molecular complexity index is 2330. The van der Waals surface area contributed by atoms with E-state index in [1.54, 1.807) is 46.2 Å². The molecule has 19 heteroatoms. The molecule has 0 spiro atoms. The molecule has 5 atom stereocenters. The molecule has 4 aromatic rings. The van der Waals surface area contributed by atoms with Gasteiger partial charge in [-0.2, -0.15) is 9.90 Å². The third-order valence-corrected chi connectivity index (χ3v) is 13.1. The Morgan fingerprint density at radius 1 is 1.07 bits per heavy atom. The van der Waals surface area contributed by atoms with E-state index >= 15 is 0 Å². The maximum absolute atomic E-state index is 14.7. The number of aromatic nitrogens is 5. The Morgan fingerprint density at radius 3 is 2.36 bits per heavy atom. The number of benzene rings is 1. The number of methoxy groups -OCH3 is 1. The number of carbonyl (C=O) groups is 4. The molecule has 3 fully saturated rings. The first-order chi connectivity index (χ1) is 27.5. The van der Waals surface area contributed by atoms with Gasteiger partial charge in [0.1, 0.15) is 55.8 Å². The van der Waals surface area contributed by atoms with Crippen molar-refractivity contribution in [1.29, 1.82) is 0 Å². The van der Waals surface area contributed by atoms with E-state index in [4.69, 9.17) is 31.3 Å². The molecule has 306 valence electrons. The van der Waals surface area contributed by atoms with Crippen LogP contribution in [0.4, 0.5) is 0 Å². The lowest BCUT2D eigenvalue weighted by atomic mass is 9.79. The Morgan fingerprint density at radius 2 is 1.79 bits per heavy atom. The first kappa shape index (κ1) is 41.0. The predicted octanol–water partition coefficient (Wildman–Crippen LogP) is 4.59. The summed E-state index contributed by atoms with van der Waals surface area (Å²) in [4.78, 5) is 67.6. The fraction of sp³-hybridized carbons (Fsp3) is 0.436. The summed E-state index contributed by atoms with van der Waals surface area (Å²) in [5, 5.41) is 15.0. The van der Waals surface area contributed by atoms with Crippen molar-refractivity contribution in [1.82, 2.24) is 39.9 Å². The van der Waals surface area contributed by atoms with Crippen molar-refractivity contribution in [2.45, 2.75) is 81.5 Å². The van der Waals surface area contributed by atoms with Crippen LogP contribution in [0.2, 0.25) is 5.15 Å². The number of hydrogen-bond acceptors (Lipinski definition) is 13. The summed E-state index contributed by atoms with van der Waals surface area (Å²) in [5.74, 6) is -4.28. The van der Waals surface area contributed by atoms with Crippen molar-refractivity contribution in [3.05, 3.63) is 72.0 Å². The Kier molecular flexibility index (Phi) is 11.2. The van der Waals surface area contributed by atoms with Crippen molar-refractivity contribution in [3.63, 3.8) is 0 Å². The number of sulfonamides is 1. The zero-order valence-electron chi connectivity index (χ0n) is 32.3. The van der Waals surface area contributed by atoms with Crippen LogP contribution in [0.15, 0.2) is 71.7 Å². The van der Waals surface area contributed by atoms with Crippen LogP contribution < -0.4 is 14.8 Å². The quantitative estimate of drug-likeness (QED) is 0.0821. The topological polar surface area (TPSA) is 205 Å². The molecule has 58 heavy (non-hydrogen) atoms. The maximum atomic E-state index is 14.7. The molecule has 0 bridgehead atoms. The number of amides is 3. The molecule has 3 aliphatic rings. The van der Waals surface area contributed by atoms with Crippen molar-refractivity contribution < 1.29 is 37.1 Å². The molecule has 1 aromatic carbocycles. The zero-order valence-corrected chi connectivity index (χ0v) is 34.6. The van der Waals surface area contributed by atoms with Crippen LogP contribution in [-0.2, 0) is 33.9 Å². The van der Waals surface area contributed by atoms with Crippen LogP contribution in [0.5, 0.6) is 5.75 Å². The first-order valence-electron chi connectivity index (χ1n) is 18.7. The molecule has 7 rings (SSSR count). The lowest BCUT2D eigenvalue weighted by Crippen LogP contribution is -2.57. The summed E-state index contributed by atoms with van der Waals surface area (Å²) in [5.41, 5.74) is -0.877. The van der Waals surface area contributed by atoms with Crippen LogP contribution >= 0.6 is 22.9 Å². The minimum atomic E-state index is -4.42. The van der Waals surface area contributed by atoms with Crippen LogP contribution in [0.3, 0.4) is 0 Å². The van der Waals surface area contributed by atoms with Gasteiger partial charge in [0.2, 0.25) is 11.8 Å². The number of rotatable bonds is 13. The van der Waals surface area contributed by atoms with E-state index in [-0.39, 0.29) is 35.5 Å². The van der Waals surface area contributed by atoms with Crippen LogP contribution in [-0.4, -0.2) is 93.3 Å². The van der Waals surface area contributed by atoms with E-state index in [1.807, 2.05) is 17.5 Å². The number of thiazole rings is 1. The minimum Gasteiger partial charge on any atom is -0.497 e. The number of nitrogens with zero attached hydrogens (tertiary/aromatic N) is 6. The number of likely N-dealkylation sites (tertiary alicyclic amines) is 1. The zero-order chi connectivity index (χ0) is 41.6. The fourth-order valence-electron chi connectivity index (χ4n) is 7.23. The summed E-state index contributed by atoms with van der Waals surface area (Å²) < 4.78 is 39.6. The second kappa shape index (κ2) is 15.9. The van der Waals surface area contributed by atoms with Gasteiger partial charge < -0.3 is 19.7 Å². The van der Waals surface area contributed by atoms with Gasteiger partial charge in [-0.1, -0.05) is 38.4 Å². The second-order valence-electron chi connectivity index (χ2n) is 15.7. The number of halogens is 1. The lowest BCUT2D eigenvalue weighted by molar-refractivity contribution is -0.169. The molecule has 3 amide bonds. The van der Waals surface area contributed by atoms with Crippen molar-refractivity contribution in [2.24, 2.45) is 17.3 Å². The largest absolute Gasteiger partial charge is 0.497 e. The number of esters is 1. The number of ether oxygens (including phenoxy) is 2. The molecule has 2 N–H and O–H groups in total. The normalized spacial score (nSPS) is 22.4. The van der Waals surface area contributed by atoms with E-state index in [9.17, 15) is 27.6 Å². The second-order valence-corrected chi connectivity index (χ2v) is 18.7. The molecule has 2 saturated carbocycles. The summed E-state index contributed by atoms with van der Waals surface area (Å²) in [6.45, 7) is 8.98. The van der Waals surface area contributed by atoms with Gasteiger partial charge in [0.05, 0.1) is 13.2 Å². The first-order valence-corrected chi connectivity index (χ1v) is 21.4. The van der Waals surface area contributed by atoms with Gasteiger partial charge in [0.25, 0.3) is 15.9 Å². The van der Waals surface area contributed by atoms with E-state index in [0.717, 1.165) is 18.2 Å². The third-order valence-electron chi connectivity index (χ3n) is 10.8. The van der Waals surface area contributed by atoms with Crippen LogP contribution in [0.1, 0.15) is 58.9 Å². The molecular formula is C39H43ClN8O8S2. The van der Waals surface area contributed by atoms with Gasteiger partial charge in [-0.05, 0) is 67.5 Å². The third kappa shape index (κ3) is 8.09. The SMILES string of the molecule is C=CC1CC1(NC(=O)[C@@H]1C[C@@H](n2nc(-c3ccc(OC)cc3)c(-c3nccs3)n2)CN1C(=O)[C@@H](C(=O)OC1CCC1)C(C)(C)C)C(=O)NS(=O)(=O)c1ccc(Cl)nc1. The van der Waals surface area contributed by atoms with Crippen LogP contribution in [0.25, 0.3) is 22.0 Å². The highest BCUT2D eigenvalue weighted by molar-refractivity contribution is 7.90. The van der Waals surface area contributed by atoms with Crippen molar-refractivity contribution in [3.8, 4) is 27.7 Å². The maximum Gasteiger partial charge on any atom is 0.319 e. The van der Waals surface area contributed by atoms with Gasteiger partial charge in [0, 0.05) is 42.2 Å². The van der Waals surface area contributed by atoms with Gasteiger partial charge in [-0.15, -0.1) is 23.0 Å². The van der Waals surface area contributed by atoms with Gasteiger partial charge in [0.15, 0.2) is 0 Å². The van der Waals surface area contributed by atoms with Gasteiger partial charge in [-0.25, -0.2) is 23.1 Å². The van der Waals surface area contributed by atoms with E-state index in [0.29, 0.717) is 35.0 Å². The molecular weight excluding hydrogens is 808 g/mol. The molecule has 1 aliphatic heterocycles. The molecule has 1 saturated heterocycles. The number of nitrogens with one attached hydrogen (secondary N) is 2. The number of pyridine rings is 1. The van der Waals surface area contributed by atoms with Gasteiger partial charge in [-0.3, -0.25) is 19.2 Å². The molecule has 2 aliphatic carbocycles. The van der Waals surface area contributed by atoms with E-state index in [2.05, 4.69) is 26.6 Å². The highest BCUT2D eigenvalue weighted by Gasteiger charge is 2.62. The monoisotopic (exact) mass is 850 g/mol. The summed E-state index contributed by atoms with van der Waals surface area (Å²) >= 11 is 7.20. The minimum absolute atomic E-state index is 0.00858.